The van der Waals surface area contributed by atoms with Crippen molar-refractivity contribution in [2.24, 2.45) is 7.05 Å². The molecule has 1 aliphatic heterocycles. The molecule has 2 aromatic rings. The summed E-state index contributed by atoms with van der Waals surface area (Å²) < 4.78 is 2.11. The van der Waals surface area contributed by atoms with E-state index in [9.17, 15) is 0 Å². The van der Waals surface area contributed by atoms with Crippen LogP contribution in [-0.2, 0) is 7.05 Å². The highest BCUT2D eigenvalue weighted by Gasteiger charge is 2.14. The van der Waals surface area contributed by atoms with Crippen LogP contribution in [0.1, 0.15) is 24.8 Å². The van der Waals surface area contributed by atoms with E-state index in [0.29, 0.717) is 0 Å². The van der Waals surface area contributed by atoms with Crippen LogP contribution in [0.25, 0.3) is 11.4 Å². The van der Waals surface area contributed by atoms with E-state index in [4.69, 9.17) is 0 Å². The number of aryl methyl sites for hydroxylation is 1. The molecule has 22 heavy (non-hydrogen) atoms. The van der Waals surface area contributed by atoms with Crippen LogP contribution < -0.4 is 0 Å². The van der Waals surface area contributed by atoms with Gasteiger partial charge < -0.3 is 9.47 Å². The van der Waals surface area contributed by atoms with E-state index < -0.39 is 0 Å². The van der Waals surface area contributed by atoms with Crippen molar-refractivity contribution in [1.82, 2.24) is 19.7 Å². The van der Waals surface area contributed by atoms with Crippen LogP contribution in [0.3, 0.4) is 0 Å². The molecule has 0 atom stereocenters. The van der Waals surface area contributed by atoms with Crippen molar-refractivity contribution < 1.29 is 0 Å². The number of rotatable bonds is 5. The molecule has 5 heteroatoms. The summed E-state index contributed by atoms with van der Waals surface area (Å²) in [4.78, 5) is 2.56. The van der Waals surface area contributed by atoms with Gasteiger partial charge in [-0.15, -0.1) is 10.2 Å². The average molecular weight is 316 g/mol. The predicted molar refractivity (Wildman–Crippen MR) is 92.2 cm³/mol. The maximum atomic E-state index is 4.39. The van der Waals surface area contributed by atoms with Crippen molar-refractivity contribution in [3.63, 3.8) is 0 Å². The lowest BCUT2D eigenvalue weighted by molar-refractivity contribution is 0.242. The molecule has 0 radical (unpaired) electrons. The Morgan fingerprint density at radius 1 is 1.09 bits per heavy atom. The number of benzene rings is 1. The summed E-state index contributed by atoms with van der Waals surface area (Å²) in [5.41, 5.74) is 2.41. The molecule has 4 nitrogen and oxygen atoms in total. The van der Waals surface area contributed by atoms with Crippen molar-refractivity contribution in [3.05, 3.63) is 29.8 Å². The lowest BCUT2D eigenvalue weighted by Gasteiger charge is -2.25. The minimum atomic E-state index is 0.957. The number of hydrogen-bond donors (Lipinski definition) is 0. The topological polar surface area (TPSA) is 34.0 Å². The molecule has 0 aliphatic carbocycles. The van der Waals surface area contributed by atoms with Gasteiger partial charge in [-0.2, -0.15) is 0 Å². The molecule has 0 N–H and O–H groups in total. The van der Waals surface area contributed by atoms with Gasteiger partial charge in [0.05, 0.1) is 0 Å². The molecule has 0 unspecified atom stereocenters. The Morgan fingerprint density at radius 3 is 2.64 bits per heavy atom. The van der Waals surface area contributed by atoms with E-state index in [0.717, 1.165) is 23.3 Å². The van der Waals surface area contributed by atoms with E-state index in [1.54, 1.807) is 0 Å². The molecule has 1 aliphatic rings. The smallest absolute Gasteiger partial charge is 0.191 e. The van der Waals surface area contributed by atoms with Gasteiger partial charge in [-0.05, 0) is 38.4 Å². The average Bonchev–Trinajstić information content (AvgIpc) is 2.90. The van der Waals surface area contributed by atoms with Gasteiger partial charge in [0.2, 0.25) is 0 Å². The second kappa shape index (κ2) is 7.29. The van der Waals surface area contributed by atoms with Gasteiger partial charge in [-0.3, -0.25) is 0 Å². The predicted octanol–water partition coefficient (Wildman–Crippen LogP) is 3.37. The number of nitrogens with zero attached hydrogens (tertiary/aromatic N) is 4. The van der Waals surface area contributed by atoms with Crippen LogP contribution in [0, 0.1) is 6.92 Å². The van der Waals surface area contributed by atoms with Crippen molar-refractivity contribution in [3.8, 4) is 11.4 Å². The summed E-state index contributed by atoms with van der Waals surface area (Å²) in [7, 11) is 2.06. The van der Waals surface area contributed by atoms with Gasteiger partial charge in [-0.25, -0.2) is 0 Å². The molecule has 1 aromatic heterocycles. The Labute approximate surface area is 136 Å². The highest BCUT2D eigenvalue weighted by molar-refractivity contribution is 7.99. The zero-order valence-electron chi connectivity index (χ0n) is 13.5. The SMILES string of the molecule is Cc1ccccc1-c1nnc(SCCN2CCCCC2)n1C. The van der Waals surface area contributed by atoms with Crippen molar-refractivity contribution in [2.75, 3.05) is 25.4 Å². The van der Waals surface area contributed by atoms with Crippen molar-refractivity contribution in [2.45, 2.75) is 31.3 Å². The molecule has 118 valence electrons. The normalized spacial score (nSPS) is 16.1. The van der Waals surface area contributed by atoms with E-state index in [1.165, 1.54) is 43.5 Å². The summed E-state index contributed by atoms with van der Waals surface area (Å²) in [6.07, 6.45) is 4.10. The van der Waals surface area contributed by atoms with Gasteiger partial charge >= 0.3 is 0 Å². The minimum Gasteiger partial charge on any atom is -0.305 e. The Morgan fingerprint density at radius 2 is 1.86 bits per heavy atom. The van der Waals surface area contributed by atoms with Crippen LogP contribution in [0.15, 0.2) is 29.4 Å². The monoisotopic (exact) mass is 316 g/mol. The first-order valence-corrected chi connectivity index (χ1v) is 9.05. The summed E-state index contributed by atoms with van der Waals surface area (Å²) in [5.74, 6) is 2.04. The molecule has 2 heterocycles. The van der Waals surface area contributed by atoms with E-state index in [2.05, 4.69) is 57.9 Å². The molecular formula is C17H24N4S. The third kappa shape index (κ3) is 3.52. The second-order valence-electron chi connectivity index (χ2n) is 5.93. The van der Waals surface area contributed by atoms with Gasteiger partial charge in [0.25, 0.3) is 0 Å². The standard InChI is InChI=1S/C17H24N4S/c1-14-8-4-5-9-15(14)16-18-19-17(20(16)2)22-13-12-21-10-6-3-7-11-21/h4-5,8-9H,3,6-7,10-13H2,1-2H3. The second-order valence-corrected chi connectivity index (χ2v) is 6.99. The zero-order chi connectivity index (χ0) is 15.4. The summed E-state index contributed by atoms with van der Waals surface area (Å²) in [6, 6.07) is 8.35. The molecular weight excluding hydrogens is 292 g/mol. The van der Waals surface area contributed by atoms with Crippen molar-refractivity contribution >= 4 is 11.8 Å². The molecule has 3 rings (SSSR count). The number of thioether (sulfide) groups is 1. The largest absolute Gasteiger partial charge is 0.305 e. The molecule has 0 saturated carbocycles. The fourth-order valence-corrected chi connectivity index (χ4v) is 3.86. The first kappa shape index (κ1) is 15.6. The Hall–Kier alpha value is -1.33. The molecule has 1 fully saturated rings. The molecule has 1 saturated heterocycles. The summed E-state index contributed by atoms with van der Waals surface area (Å²) >= 11 is 1.81. The zero-order valence-corrected chi connectivity index (χ0v) is 14.3. The number of piperidine rings is 1. The minimum absolute atomic E-state index is 0.957. The van der Waals surface area contributed by atoms with E-state index >= 15 is 0 Å². The summed E-state index contributed by atoms with van der Waals surface area (Å²) in [5, 5.41) is 9.77. The number of likely N-dealkylation sites (tertiary alicyclic amines) is 1. The molecule has 0 bridgehead atoms. The highest BCUT2D eigenvalue weighted by atomic mass is 32.2. The maximum Gasteiger partial charge on any atom is 0.191 e. The first-order valence-electron chi connectivity index (χ1n) is 8.06. The third-order valence-corrected chi connectivity index (χ3v) is 5.31. The van der Waals surface area contributed by atoms with Gasteiger partial charge in [-0.1, -0.05) is 42.4 Å². The van der Waals surface area contributed by atoms with Crippen LogP contribution >= 0.6 is 11.8 Å². The van der Waals surface area contributed by atoms with Crippen LogP contribution in [-0.4, -0.2) is 45.1 Å². The van der Waals surface area contributed by atoms with E-state index in [1.807, 2.05) is 11.8 Å². The van der Waals surface area contributed by atoms with E-state index in [-0.39, 0.29) is 0 Å². The third-order valence-electron chi connectivity index (χ3n) is 4.31. The quantitative estimate of drug-likeness (QED) is 0.792. The fraction of sp³-hybridized carbons (Fsp3) is 0.529. The summed E-state index contributed by atoms with van der Waals surface area (Å²) in [6.45, 7) is 5.78. The van der Waals surface area contributed by atoms with Gasteiger partial charge in [0.15, 0.2) is 11.0 Å². The highest BCUT2D eigenvalue weighted by Crippen LogP contribution is 2.25. The molecule has 1 aromatic carbocycles. The Bertz CT molecular complexity index is 617. The number of hydrogen-bond acceptors (Lipinski definition) is 4. The lowest BCUT2D eigenvalue weighted by Crippen LogP contribution is -2.31. The lowest BCUT2D eigenvalue weighted by atomic mass is 10.1. The maximum absolute atomic E-state index is 4.39. The molecule has 0 amide bonds. The van der Waals surface area contributed by atoms with Gasteiger partial charge in [0.1, 0.15) is 0 Å². The van der Waals surface area contributed by atoms with Crippen LogP contribution in [0.4, 0.5) is 0 Å². The van der Waals surface area contributed by atoms with Crippen LogP contribution in [0.2, 0.25) is 0 Å². The molecule has 0 spiro atoms. The Kier molecular flexibility index (Phi) is 5.16. The van der Waals surface area contributed by atoms with Crippen LogP contribution in [0.5, 0.6) is 0 Å². The van der Waals surface area contributed by atoms with Crippen molar-refractivity contribution in [1.29, 1.82) is 0 Å². The first-order chi connectivity index (χ1) is 10.8. The van der Waals surface area contributed by atoms with Gasteiger partial charge in [0, 0.05) is 24.9 Å². The number of aromatic nitrogens is 3. The Balaban J connectivity index is 1.62. The fourth-order valence-electron chi connectivity index (χ4n) is 2.95.